The van der Waals surface area contributed by atoms with Crippen molar-refractivity contribution in [2.24, 2.45) is 10.8 Å². The summed E-state index contributed by atoms with van der Waals surface area (Å²) in [6.45, 7) is 20.0. The van der Waals surface area contributed by atoms with Gasteiger partial charge in [0.2, 0.25) is 0 Å². The van der Waals surface area contributed by atoms with E-state index in [2.05, 4.69) is 164 Å². The molecule has 0 unspecified atom stereocenters. The molecule has 0 fully saturated rings. The summed E-state index contributed by atoms with van der Waals surface area (Å²) < 4.78 is 6.56. The average Bonchev–Trinajstić information content (AvgIpc) is 3.49. The molecule has 3 nitrogen and oxygen atoms in total. The third kappa shape index (κ3) is 8.30. The summed E-state index contributed by atoms with van der Waals surface area (Å²) in [6, 6.07) is 38.6. The second-order valence-corrected chi connectivity index (χ2v) is 16.8. The first-order valence-electron chi connectivity index (χ1n) is 18.3. The zero-order valence-electron chi connectivity index (χ0n) is 32.4. The Hall–Kier alpha value is -4.63. The SMILES string of the molecule is Cc1c[c-]c(-c2cc(CC(C)(C)C)c(CC(C)(C)C)cn2)cc1.Cc1cnc(-c2[c-]ccc3c2oc2c3ccc3ccc4ccccc4c32)cc1C.[Ir]. The molecule has 3 aromatic heterocycles. The molecule has 0 spiro atoms. The van der Waals surface area contributed by atoms with E-state index in [1.165, 1.54) is 44.0 Å². The monoisotopic (exact) mass is 873 g/mol. The molecular weight excluding hydrogens is 825 g/mol. The Morgan fingerprint density at radius 1 is 0.604 bits per heavy atom. The molecule has 0 amide bonds. The second kappa shape index (κ2) is 15.0. The minimum atomic E-state index is 0. The van der Waals surface area contributed by atoms with Crippen molar-refractivity contribution in [3.8, 4) is 22.5 Å². The van der Waals surface area contributed by atoms with Crippen LogP contribution in [-0.4, -0.2) is 9.97 Å². The largest absolute Gasteiger partial charge is 0.500 e. The molecule has 0 aliphatic carbocycles. The predicted molar refractivity (Wildman–Crippen MR) is 220 cm³/mol. The smallest absolute Gasteiger partial charge is 0.129 e. The van der Waals surface area contributed by atoms with Gasteiger partial charge in [-0.2, -0.15) is 0 Å². The van der Waals surface area contributed by atoms with Crippen LogP contribution in [0.15, 0.2) is 108 Å². The van der Waals surface area contributed by atoms with Crippen LogP contribution in [0.2, 0.25) is 0 Å². The Balaban J connectivity index is 0.000000184. The number of aromatic nitrogens is 2. The van der Waals surface area contributed by atoms with E-state index in [4.69, 9.17) is 9.40 Å². The predicted octanol–water partition coefficient (Wildman–Crippen LogP) is 13.4. The van der Waals surface area contributed by atoms with Gasteiger partial charge in [-0.1, -0.05) is 126 Å². The average molecular weight is 873 g/mol. The molecule has 0 saturated carbocycles. The van der Waals surface area contributed by atoms with E-state index in [0.29, 0.717) is 0 Å². The fraction of sp³-hybridized carbons (Fsp3) is 0.265. The summed E-state index contributed by atoms with van der Waals surface area (Å²) in [5.41, 5.74) is 12.7. The van der Waals surface area contributed by atoms with Gasteiger partial charge in [-0.05, 0) is 81.8 Å². The molecular formula is C49H48IrN2O-2. The van der Waals surface area contributed by atoms with Gasteiger partial charge < -0.3 is 14.4 Å². The normalized spacial score (nSPS) is 11.9. The standard InChI is InChI=1S/C27H18NO.C22H30N.Ir/c1-16-14-24(28-15-17(16)2)23-9-5-8-21-22-13-12-19-11-10-18-6-3-4-7-20(18)25(19)27(22)29-26(21)23;1-16-8-10-17(11-9-16)20-12-18(13-21(2,3)4)19(15-23-20)14-22(5,6)7;/h3-8,10-15H,1-2H3;8-10,12,15H,13-14H2,1-7H3;/q2*-1;. The van der Waals surface area contributed by atoms with E-state index < -0.39 is 0 Å². The maximum absolute atomic E-state index is 6.56. The summed E-state index contributed by atoms with van der Waals surface area (Å²) >= 11 is 0. The van der Waals surface area contributed by atoms with Crippen LogP contribution < -0.4 is 0 Å². The van der Waals surface area contributed by atoms with Crippen molar-refractivity contribution < 1.29 is 24.5 Å². The van der Waals surface area contributed by atoms with Crippen LogP contribution >= 0.6 is 0 Å². The minimum Gasteiger partial charge on any atom is -0.500 e. The van der Waals surface area contributed by atoms with Crippen molar-refractivity contribution in [1.82, 2.24) is 9.97 Å². The number of nitrogens with zero attached hydrogens (tertiary/aromatic N) is 2. The number of hydrogen-bond acceptors (Lipinski definition) is 3. The summed E-state index contributed by atoms with van der Waals surface area (Å²) in [4.78, 5) is 9.37. The van der Waals surface area contributed by atoms with E-state index >= 15 is 0 Å². The molecule has 0 atom stereocenters. The maximum Gasteiger partial charge on any atom is 0.129 e. The van der Waals surface area contributed by atoms with E-state index in [9.17, 15) is 0 Å². The van der Waals surface area contributed by atoms with Gasteiger partial charge in [0.15, 0.2) is 0 Å². The Morgan fingerprint density at radius 3 is 2.00 bits per heavy atom. The van der Waals surface area contributed by atoms with Crippen molar-refractivity contribution in [3.05, 3.63) is 143 Å². The summed E-state index contributed by atoms with van der Waals surface area (Å²) in [7, 11) is 0. The van der Waals surface area contributed by atoms with Crippen molar-refractivity contribution in [3.63, 3.8) is 0 Å². The number of furan rings is 1. The van der Waals surface area contributed by atoms with Crippen molar-refractivity contribution >= 4 is 43.5 Å². The number of rotatable bonds is 4. The van der Waals surface area contributed by atoms with Gasteiger partial charge in [-0.25, -0.2) is 0 Å². The van der Waals surface area contributed by atoms with Gasteiger partial charge in [0.25, 0.3) is 0 Å². The molecule has 0 aliphatic heterocycles. The fourth-order valence-corrected chi connectivity index (χ4v) is 7.04. The van der Waals surface area contributed by atoms with Crippen LogP contribution in [-0.2, 0) is 32.9 Å². The third-order valence-electron chi connectivity index (χ3n) is 9.70. The maximum atomic E-state index is 6.56. The van der Waals surface area contributed by atoms with E-state index in [0.717, 1.165) is 62.7 Å². The van der Waals surface area contributed by atoms with Crippen LogP contribution in [0.1, 0.15) is 69.4 Å². The topological polar surface area (TPSA) is 38.9 Å². The van der Waals surface area contributed by atoms with Crippen molar-refractivity contribution in [2.75, 3.05) is 0 Å². The van der Waals surface area contributed by atoms with Gasteiger partial charge in [0.1, 0.15) is 5.58 Å². The van der Waals surface area contributed by atoms with Crippen LogP contribution in [0.5, 0.6) is 0 Å². The molecule has 5 aromatic carbocycles. The van der Waals surface area contributed by atoms with Crippen molar-refractivity contribution in [1.29, 1.82) is 0 Å². The molecule has 0 saturated heterocycles. The molecule has 3 heterocycles. The minimum absolute atomic E-state index is 0. The van der Waals surface area contributed by atoms with Crippen molar-refractivity contribution in [2.45, 2.75) is 75.2 Å². The first-order valence-corrected chi connectivity index (χ1v) is 18.3. The van der Waals surface area contributed by atoms with E-state index in [1.54, 1.807) is 0 Å². The second-order valence-electron chi connectivity index (χ2n) is 16.8. The van der Waals surface area contributed by atoms with Crippen LogP contribution in [0.25, 0.3) is 66.0 Å². The molecule has 0 aliphatic rings. The van der Waals surface area contributed by atoms with Crippen LogP contribution in [0.3, 0.4) is 0 Å². The molecule has 4 heteroatoms. The number of hydrogen-bond donors (Lipinski definition) is 0. The van der Waals surface area contributed by atoms with Gasteiger partial charge in [0.05, 0.1) is 5.58 Å². The molecule has 0 N–H and O–H groups in total. The number of fused-ring (bicyclic) bond motifs is 7. The van der Waals surface area contributed by atoms with Gasteiger partial charge in [0, 0.05) is 43.3 Å². The molecule has 53 heavy (non-hydrogen) atoms. The van der Waals surface area contributed by atoms with Crippen LogP contribution in [0.4, 0.5) is 0 Å². The summed E-state index contributed by atoms with van der Waals surface area (Å²) in [6.07, 6.45) is 6.13. The number of pyridine rings is 2. The number of aryl methyl sites for hydroxylation is 3. The zero-order chi connectivity index (χ0) is 36.8. The first kappa shape index (κ1) is 38.1. The Labute approximate surface area is 328 Å². The molecule has 8 aromatic rings. The molecule has 1 radical (unpaired) electrons. The Morgan fingerprint density at radius 2 is 1.28 bits per heavy atom. The molecule has 271 valence electrons. The quantitative estimate of drug-likeness (QED) is 0.131. The third-order valence-corrected chi connectivity index (χ3v) is 9.70. The molecule has 0 bridgehead atoms. The first-order chi connectivity index (χ1) is 24.7. The van der Waals surface area contributed by atoms with Crippen LogP contribution in [0, 0.1) is 43.7 Å². The summed E-state index contributed by atoms with van der Waals surface area (Å²) in [5.74, 6) is 0. The number of benzene rings is 5. The van der Waals surface area contributed by atoms with Gasteiger partial charge in [-0.3, -0.25) is 0 Å². The van der Waals surface area contributed by atoms with E-state index in [1.807, 2.05) is 18.3 Å². The van der Waals surface area contributed by atoms with Gasteiger partial charge in [-0.15, -0.1) is 53.6 Å². The van der Waals surface area contributed by atoms with E-state index in [-0.39, 0.29) is 30.9 Å². The zero-order valence-corrected chi connectivity index (χ0v) is 34.8. The molecule has 8 rings (SSSR count). The fourth-order valence-electron chi connectivity index (χ4n) is 7.04. The Kier molecular flexibility index (Phi) is 10.8. The Bertz CT molecular complexity index is 2570. The van der Waals surface area contributed by atoms with Gasteiger partial charge >= 0.3 is 0 Å². The summed E-state index contributed by atoms with van der Waals surface area (Å²) in [5, 5.41) is 7.01.